The molecule has 39 heavy (non-hydrogen) atoms. The number of halogens is 3. The molecule has 0 spiro atoms. The molecule has 0 saturated carbocycles. The molecule has 1 fully saturated rings. The second kappa shape index (κ2) is 10.2. The second-order valence-electron chi connectivity index (χ2n) is 10.4. The van der Waals surface area contributed by atoms with Gasteiger partial charge in [0.25, 0.3) is 5.91 Å². The van der Waals surface area contributed by atoms with E-state index >= 15 is 0 Å². The fourth-order valence-corrected chi connectivity index (χ4v) is 4.47. The van der Waals surface area contributed by atoms with E-state index in [9.17, 15) is 18.0 Å². The maximum Gasteiger partial charge on any atom is 0.416 e. The Morgan fingerprint density at radius 2 is 1.69 bits per heavy atom. The van der Waals surface area contributed by atoms with Crippen molar-refractivity contribution in [2.75, 3.05) is 36.8 Å². The number of hydrogen-bond donors (Lipinski definition) is 3. The van der Waals surface area contributed by atoms with Crippen molar-refractivity contribution in [2.45, 2.75) is 32.5 Å². The van der Waals surface area contributed by atoms with Crippen molar-refractivity contribution in [1.82, 2.24) is 29.7 Å². The van der Waals surface area contributed by atoms with Crippen LogP contribution in [0, 0.1) is 0 Å². The number of H-pyrrole nitrogens is 1. The molecule has 0 unspecified atom stereocenters. The van der Waals surface area contributed by atoms with Gasteiger partial charge in [-0.3, -0.25) is 9.69 Å². The van der Waals surface area contributed by atoms with Gasteiger partial charge in [0.05, 0.1) is 22.8 Å². The molecule has 9 nitrogen and oxygen atoms in total. The van der Waals surface area contributed by atoms with E-state index in [4.69, 9.17) is 0 Å². The highest BCUT2D eigenvalue weighted by atomic mass is 19.4. The highest BCUT2D eigenvalue weighted by Gasteiger charge is 2.30. The fraction of sp³-hybridized carbons (Fsp3) is 0.333. The van der Waals surface area contributed by atoms with E-state index in [0.717, 1.165) is 25.2 Å². The summed E-state index contributed by atoms with van der Waals surface area (Å²) in [5.74, 6) is 1.13. The fourth-order valence-electron chi connectivity index (χ4n) is 4.47. The van der Waals surface area contributed by atoms with Gasteiger partial charge < -0.3 is 20.5 Å². The zero-order chi connectivity index (χ0) is 27.8. The van der Waals surface area contributed by atoms with Gasteiger partial charge in [-0.05, 0) is 51.1 Å². The van der Waals surface area contributed by atoms with Crippen molar-refractivity contribution < 1.29 is 18.0 Å². The van der Waals surface area contributed by atoms with Crippen LogP contribution in [0.3, 0.4) is 0 Å². The van der Waals surface area contributed by atoms with E-state index in [2.05, 4.69) is 56.2 Å². The lowest BCUT2D eigenvalue weighted by molar-refractivity contribution is -0.137. The Balaban J connectivity index is 1.27. The molecule has 0 aliphatic carbocycles. The molecule has 5 rings (SSSR count). The Morgan fingerprint density at radius 1 is 0.949 bits per heavy atom. The van der Waals surface area contributed by atoms with E-state index in [-0.39, 0.29) is 17.1 Å². The number of carbonyl (C=O) groups is 1. The number of benzene rings is 1. The topological polar surface area (TPSA) is 102 Å². The van der Waals surface area contributed by atoms with E-state index in [0.29, 0.717) is 47.3 Å². The molecule has 4 aromatic rings. The maximum atomic E-state index is 13.1. The van der Waals surface area contributed by atoms with Gasteiger partial charge >= 0.3 is 6.18 Å². The zero-order valence-corrected chi connectivity index (χ0v) is 21.8. The third kappa shape index (κ3) is 6.11. The number of aromatic nitrogens is 4. The first-order valence-electron chi connectivity index (χ1n) is 12.5. The second-order valence-corrected chi connectivity index (χ2v) is 10.4. The van der Waals surface area contributed by atoms with Crippen LogP contribution in [-0.2, 0) is 6.18 Å². The van der Waals surface area contributed by atoms with Crippen molar-refractivity contribution >= 4 is 40.2 Å². The predicted octanol–water partition coefficient (Wildman–Crippen LogP) is 5.42. The number of carbonyl (C=O) groups excluding carboxylic acids is 1. The molecular weight excluding hydrogens is 509 g/mol. The number of piperazine rings is 1. The quantitative estimate of drug-likeness (QED) is 0.312. The number of nitrogens with zero attached hydrogens (tertiary/aromatic N) is 5. The third-order valence-corrected chi connectivity index (χ3v) is 6.60. The summed E-state index contributed by atoms with van der Waals surface area (Å²) in [4.78, 5) is 33.5. The number of hydrogen-bond acceptors (Lipinski definition) is 7. The summed E-state index contributed by atoms with van der Waals surface area (Å²) < 4.78 is 39.1. The van der Waals surface area contributed by atoms with Crippen LogP contribution in [0.25, 0.3) is 11.0 Å². The average molecular weight is 539 g/mol. The van der Waals surface area contributed by atoms with Crippen LogP contribution < -0.4 is 10.6 Å². The minimum Gasteiger partial charge on any atom is -0.340 e. The summed E-state index contributed by atoms with van der Waals surface area (Å²) in [6, 6.07) is 9.90. The molecule has 0 bridgehead atoms. The van der Waals surface area contributed by atoms with E-state index < -0.39 is 11.7 Å². The lowest BCUT2D eigenvalue weighted by Crippen LogP contribution is -2.54. The first-order chi connectivity index (χ1) is 18.5. The number of aromatic amines is 1. The van der Waals surface area contributed by atoms with Crippen molar-refractivity contribution in [1.29, 1.82) is 0 Å². The molecule has 0 radical (unpaired) electrons. The number of fused-ring (bicyclic) bond motifs is 1. The molecule has 12 heteroatoms. The molecule has 1 amide bonds. The Bertz CT molecular complexity index is 1490. The van der Waals surface area contributed by atoms with Crippen LogP contribution in [0.15, 0.2) is 54.9 Å². The lowest BCUT2D eigenvalue weighted by atomic mass is 10.0. The molecule has 1 saturated heterocycles. The molecular formula is C27H29F3N8O. The number of amides is 1. The first kappa shape index (κ1) is 26.4. The van der Waals surface area contributed by atoms with Gasteiger partial charge in [0.1, 0.15) is 11.6 Å². The maximum absolute atomic E-state index is 13.1. The van der Waals surface area contributed by atoms with Crippen LogP contribution in [0.4, 0.5) is 36.4 Å². The van der Waals surface area contributed by atoms with E-state index in [1.54, 1.807) is 24.4 Å². The molecule has 1 aliphatic heterocycles. The standard InChI is InChI=1S/C27H29F3N8O/c1-26(2,3)38-11-9-37(10-12-38)24(39)17-7-8-31-22(13-17)36-25-34-20-15-23(32-16-21(20)35-25)33-19-6-4-5-18(14-19)27(28,29)30/h4-8,13-16H,9-12H2,1-3H3,(H,32,33)(H2,31,34,35,36). The summed E-state index contributed by atoms with van der Waals surface area (Å²) in [6.45, 7) is 9.49. The highest BCUT2D eigenvalue weighted by molar-refractivity contribution is 5.95. The van der Waals surface area contributed by atoms with Crippen LogP contribution in [0.2, 0.25) is 0 Å². The molecule has 1 aromatic carbocycles. The van der Waals surface area contributed by atoms with E-state index in [1.807, 2.05) is 4.90 Å². The van der Waals surface area contributed by atoms with Gasteiger partial charge in [-0.1, -0.05) is 6.07 Å². The Hall–Kier alpha value is -4.19. The SMILES string of the molecule is CC(C)(C)N1CCN(C(=O)c2ccnc(Nc3nc4cc(Nc5cccc(C(F)(F)F)c5)ncc4[nH]3)c2)CC1. The Kier molecular flexibility index (Phi) is 6.89. The number of alkyl halides is 3. The van der Waals surface area contributed by atoms with Gasteiger partial charge in [0, 0.05) is 55.2 Å². The minimum absolute atomic E-state index is 0.0480. The molecule has 3 N–H and O–H groups in total. The summed E-state index contributed by atoms with van der Waals surface area (Å²) in [5, 5.41) is 5.97. The average Bonchev–Trinajstić information content (AvgIpc) is 3.29. The number of anilines is 4. The predicted molar refractivity (Wildman–Crippen MR) is 143 cm³/mol. The normalized spacial score (nSPS) is 15.0. The lowest BCUT2D eigenvalue weighted by Gasteiger charge is -2.42. The number of nitrogens with one attached hydrogen (secondary N) is 3. The smallest absolute Gasteiger partial charge is 0.340 e. The van der Waals surface area contributed by atoms with Gasteiger partial charge in [0.2, 0.25) is 5.95 Å². The van der Waals surface area contributed by atoms with Crippen molar-refractivity contribution in [3.05, 3.63) is 66.0 Å². The van der Waals surface area contributed by atoms with Gasteiger partial charge in [-0.25, -0.2) is 15.0 Å². The molecule has 0 atom stereocenters. The van der Waals surface area contributed by atoms with Crippen molar-refractivity contribution in [2.24, 2.45) is 0 Å². The largest absolute Gasteiger partial charge is 0.416 e. The van der Waals surface area contributed by atoms with Gasteiger partial charge in [-0.15, -0.1) is 0 Å². The molecule has 4 heterocycles. The first-order valence-corrected chi connectivity index (χ1v) is 12.5. The monoisotopic (exact) mass is 538 g/mol. The van der Waals surface area contributed by atoms with Crippen molar-refractivity contribution in [3.63, 3.8) is 0 Å². The zero-order valence-electron chi connectivity index (χ0n) is 21.8. The van der Waals surface area contributed by atoms with Crippen LogP contribution >= 0.6 is 0 Å². The molecule has 204 valence electrons. The van der Waals surface area contributed by atoms with E-state index in [1.165, 1.54) is 18.3 Å². The Morgan fingerprint density at radius 3 is 2.41 bits per heavy atom. The summed E-state index contributed by atoms with van der Waals surface area (Å²) in [6.07, 6.45) is -1.33. The third-order valence-electron chi connectivity index (χ3n) is 6.60. The number of imidazole rings is 1. The van der Waals surface area contributed by atoms with Crippen LogP contribution in [0.5, 0.6) is 0 Å². The van der Waals surface area contributed by atoms with Crippen LogP contribution in [-0.4, -0.2) is 67.4 Å². The van der Waals surface area contributed by atoms with Crippen molar-refractivity contribution in [3.8, 4) is 0 Å². The van der Waals surface area contributed by atoms with Gasteiger partial charge in [0.15, 0.2) is 0 Å². The summed E-state index contributed by atoms with van der Waals surface area (Å²) in [5.41, 5.74) is 1.28. The molecule has 1 aliphatic rings. The summed E-state index contributed by atoms with van der Waals surface area (Å²) in [7, 11) is 0. The Labute approximate surface area is 223 Å². The molecule has 3 aromatic heterocycles. The number of pyridine rings is 2. The minimum atomic E-state index is -4.44. The van der Waals surface area contributed by atoms with Crippen LogP contribution in [0.1, 0.15) is 36.7 Å². The number of rotatable bonds is 5. The van der Waals surface area contributed by atoms with Gasteiger partial charge in [-0.2, -0.15) is 13.2 Å². The highest BCUT2D eigenvalue weighted by Crippen LogP contribution is 2.31. The summed E-state index contributed by atoms with van der Waals surface area (Å²) >= 11 is 0.